The molecule has 0 bridgehead atoms. The molecule has 0 heterocycles. The molecule has 3 atom stereocenters. The molecular formula is C22H12O2. The van der Waals surface area contributed by atoms with Gasteiger partial charge in [0, 0.05) is 16.1 Å². The minimum absolute atomic E-state index is 0.387. The Kier molecular flexibility index (Phi) is 1.36. The van der Waals surface area contributed by atoms with Crippen LogP contribution in [-0.4, -0.2) is 6.47 Å². The van der Waals surface area contributed by atoms with E-state index in [9.17, 15) is 4.79 Å². The molecule has 0 aromatic heterocycles. The monoisotopic (exact) mass is 311 g/mol. The number of carbonyl (C=O) groups is 1. The van der Waals surface area contributed by atoms with Crippen molar-refractivity contribution in [2.24, 2.45) is 0 Å². The van der Waals surface area contributed by atoms with Crippen molar-refractivity contribution in [1.29, 1.82) is 0 Å². The lowest BCUT2D eigenvalue weighted by molar-refractivity contribution is -0.120. The fourth-order valence-electron chi connectivity index (χ4n) is 4.95. The zero-order chi connectivity index (χ0) is 18.2. The molecule has 2 heteroatoms. The van der Waals surface area contributed by atoms with Gasteiger partial charge in [-0.2, -0.15) is 0 Å². The summed E-state index contributed by atoms with van der Waals surface area (Å²) in [5, 5.41) is 6.20. The van der Waals surface area contributed by atoms with Crippen molar-refractivity contribution < 1.29 is 13.6 Å². The van der Waals surface area contributed by atoms with Gasteiger partial charge in [-0.1, -0.05) is 24.3 Å². The van der Waals surface area contributed by atoms with E-state index >= 15 is 0 Å². The van der Waals surface area contributed by atoms with E-state index in [-0.39, 0.29) is 0 Å². The fourth-order valence-corrected chi connectivity index (χ4v) is 4.95. The Hall–Kier alpha value is -2.87. The minimum Gasteiger partial charge on any atom is -0.428 e. The molecule has 3 aliphatic rings. The molecule has 0 fully saturated rings. The number of rotatable bonds is 2. The van der Waals surface area contributed by atoms with Gasteiger partial charge in [0.1, 0.15) is 5.75 Å². The van der Waals surface area contributed by atoms with Crippen molar-refractivity contribution in [3.05, 3.63) is 63.7 Å². The van der Waals surface area contributed by atoms with Crippen molar-refractivity contribution in [3.8, 4) is 5.75 Å². The number of hydrogen-bond donors (Lipinski definition) is 0. The van der Waals surface area contributed by atoms with E-state index in [1.165, 1.54) is 0 Å². The third kappa shape index (κ3) is 1.03. The number of ether oxygens (including phenoxy) is 1. The molecule has 3 aliphatic carbocycles. The van der Waals surface area contributed by atoms with Crippen LogP contribution in [0.3, 0.4) is 0 Å². The SMILES string of the molecule is [2H]C1c2ccc3c4c2c2c1ccc1c2c2c(c(OC=O)cc(c42)C3[2H])C1[2H]. The molecule has 0 saturated carbocycles. The summed E-state index contributed by atoms with van der Waals surface area (Å²) in [5.74, 6) is 0.387. The maximum atomic E-state index is 11.1. The van der Waals surface area contributed by atoms with E-state index in [4.69, 9.17) is 8.85 Å². The third-order valence-electron chi connectivity index (χ3n) is 5.75. The van der Waals surface area contributed by atoms with Crippen molar-refractivity contribution in [3.63, 3.8) is 0 Å². The molecule has 0 radical (unpaired) electrons. The summed E-state index contributed by atoms with van der Waals surface area (Å²) >= 11 is 0. The Bertz CT molecular complexity index is 1390. The van der Waals surface area contributed by atoms with Crippen molar-refractivity contribution in [2.45, 2.75) is 19.2 Å². The first-order valence-electron chi connectivity index (χ1n) is 9.79. The number of benzene rings is 4. The van der Waals surface area contributed by atoms with Gasteiger partial charge in [-0.15, -0.1) is 0 Å². The molecular weight excluding hydrogens is 296 g/mol. The summed E-state index contributed by atoms with van der Waals surface area (Å²) in [6.45, 7) is 0.401. The van der Waals surface area contributed by atoms with E-state index < -0.39 is 19.2 Å². The predicted molar refractivity (Wildman–Crippen MR) is 94.1 cm³/mol. The van der Waals surface area contributed by atoms with E-state index in [0.29, 0.717) is 17.8 Å². The van der Waals surface area contributed by atoms with Crippen molar-refractivity contribution in [1.82, 2.24) is 0 Å². The van der Waals surface area contributed by atoms with Crippen LogP contribution in [0, 0.1) is 0 Å². The summed E-state index contributed by atoms with van der Waals surface area (Å²) in [7, 11) is 0. The minimum atomic E-state index is -0.628. The first kappa shape index (κ1) is 9.43. The van der Waals surface area contributed by atoms with Gasteiger partial charge in [-0.3, -0.25) is 4.79 Å². The topological polar surface area (TPSA) is 26.3 Å². The van der Waals surface area contributed by atoms with Gasteiger partial charge < -0.3 is 4.74 Å². The zero-order valence-corrected chi connectivity index (χ0v) is 12.5. The van der Waals surface area contributed by atoms with Crippen LogP contribution in [0.25, 0.3) is 32.3 Å². The summed E-state index contributed by atoms with van der Waals surface area (Å²) in [6, 6.07) is 9.68. The van der Waals surface area contributed by atoms with Gasteiger partial charge in [0.2, 0.25) is 0 Å². The Morgan fingerprint density at radius 3 is 1.88 bits per heavy atom. The van der Waals surface area contributed by atoms with Crippen molar-refractivity contribution in [2.75, 3.05) is 0 Å². The van der Waals surface area contributed by atoms with Gasteiger partial charge in [0.25, 0.3) is 6.47 Å². The molecule has 7 rings (SSSR count). The van der Waals surface area contributed by atoms with Crippen LogP contribution in [0.2, 0.25) is 0 Å². The summed E-state index contributed by atoms with van der Waals surface area (Å²) in [6.07, 6.45) is -1.61. The fraction of sp³-hybridized carbons (Fsp3) is 0.136. The number of hydrogen-bond acceptors (Lipinski definition) is 2. The largest absolute Gasteiger partial charge is 0.428 e. The smallest absolute Gasteiger partial charge is 0.298 e. The predicted octanol–water partition coefficient (Wildman–Crippen LogP) is 4.39. The summed E-state index contributed by atoms with van der Waals surface area (Å²) in [5.41, 5.74) is 5.36. The lowest BCUT2D eigenvalue weighted by atomic mass is 9.94. The first-order chi connectivity index (χ1) is 13.1. The quantitative estimate of drug-likeness (QED) is 0.405. The molecule has 0 spiro atoms. The Morgan fingerprint density at radius 1 is 0.750 bits per heavy atom. The molecule has 2 nitrogen and oxygen atoms in total. The molecule has 112 valence electrons. The van der Waals surface area contributed by atoms with Crippen molar-refractivity contribution >= 4 is 38.8 Å². The van der Waals surface area contributed by atoms with Crippen LogP contribution >= 0.6 is 0 Å². The van der Waals surface area contributed by atoms with Gasteiger partial charge in [-0.25, -0.2) is 0 Å². The average molecular weight is 311 g/mol. The molecule has 24 heavy (non-hydrogen) atoms. The Labute approximate surface area is 141 Å². The molecule has 0 amide bonds. The Balaban J connectivity index is 1.89. The second-order valence-corrected chi connectivity index (χ2v) is 6.76. The van der Waals surface area contributed by atoms with Gasteiger partial charge >= 0.3 is 0 Å². The van der Waals surface area contributed by atoms with Gasteiger partial charge in [0.15, 0.2) is 0 Å². The van der Waals surface area contributed by atoms with Crippen LogP contribution in [0.15, 0.2) is 30.3 Å². The van der Waals surface area contributed by atoms with E-state index in [2.05, 4.69) is 0 Å². The highest BCUT2D eigenvalue weighted by molar-refractivity contribution is 6.33. The third-order valence-corrected chi connectivity index (χ3v) is 5.75. The van der Waals surface area contributed by atoms with Crippen LogP contribution in [0.5, 0.6) is 5.75 Å². The second-order valence-electron chi connectivity index (χ2n) is 6.76. The maximum absolute atomic E-state index is 11.1. The van der Waals surface area contributed by atoms with Gasteiger partial charge in [0.05, 0.1) is 0 Å². The normalized spacial score (nSPS) is 26.2. The zero-order valence-electron chi connectivity index (χ0n) is 15.5. The molecule has 4 aromatic carbocycles. The summed E-state index contributed by atoms with van der Waals surface area (Å²) in [4.78, 5) is 11.1. The van der Waals surface area contributed by atoms with Crippen LogP contribution in [0.4, 0.5) is 0 Å². The average Bonchev–Trinajstić information content (AvgIpc) is 3.24. The standard InChI is InChI=1S/C22H12O2/c23-9-24-16-8-14-6-12-2-1-10-5-11-3-4-13-7-15(16)22-20(13)18(11)17(10)19(12)21(14)22/h1-4,8-9H,5-7H2/i5D,6D,7D. The summed E-state index contributed by atoms with van der Waals surface area (Å²) < 4.78 is 31.6. The maximum Gasteiger partial charge on any atom is 0.298 e. The molecule has 0 saturated heterocycles. The highest BCUT2D eigenvalue weighted by Crippen LogP contribution is 2.54. The lowest BCUT2D eigenvalue weighted by Crippen LogP contribution is -1.95. The van der Waals surface area contributed by atoms with E-state index in [0.717, 1.165) is 60.1 Å². The molecule has 0 N–H and O–H groups in total. The molecule has 4 aromatic rings. The second kappa shape index (κ2) is 3.46. The molecule has 0 aliphatic heterocycles. The van der Waals surface area contributed by atoms with E-state index in [1.54, 1.807) is 6.07 Å². The van der Waals surface area contributed by atoms with Crippen LogP contribution in [-0.2, 0) is 24.0 Å². The number of carbonyl (C=O) groups excluding carboxylic acids is 1. The van der Waals surface area contributed by atoms with Crippen LogP contribution < -0.4 is 4.74 Å². The lowest BCUT2D eigenvalue weighted by Gasteiger charge is -2.10. The molecule has 3 unspecified atom stereocenters. The first-order valence-corrected chi connectivity index (χ1v) is 8.06. The van der Waals surface area contributed by atoms with Gasteiger partial charge in [-0.05, 0) is 79.0 Å². The van der Waals surface area contributed by atoms with Crippen LogP contribution in [0.1, 0.15) is 37.5 Å². The van der Waals surface area contributed by atoms with E-state index in [1.807, 2.05) is 24.3 Å². The highest BCUT2D eigenvalue weighted by Gasteiger charge is 2.32. The highest BCUT2D eigenvalue weighted by atomic mass is 16.5. The Morgan fingerprint density at radius 2 is 1.25 bits per heavy atom.